The first kappa shape index (κ1) is 10.4. The van der Waals surface area contributed by atoms with Gasteiger partial charge in [0.05, 0.1) is 0 Å². The number of carbonyl (C=O) groups is 1. The van der Waals surface area contributed by atoms with Gasteiger partial charge < -0.3 is 10.2 Å². The maximum atomic E-state index is 10.5. The lowest BCUT2D eigenvalue weighted by molar-refractivity contribution is -0.143. The molecule has 0 aromatic rings. The van der Waals surface area contributed by atoms with Crippen molar-refractivity contribution in [2.45, 2.75) is 19.4 Å². The molecule has 66 valence electrons. The molecule has 0 heterocycles. The van der Waals surface area contributed by atoms with Gasteiger partial charge in [0.25, 0.3) is 0 Å². The van der Waals surface area contributed by atoms with Crippen LogP contribution >= 0.6 is 0 Å². The van der Waals surface area contributed by atoms with Gasteiger partial charge in [-0.1, -0.05) is 6.92 Å². The van der Waals surface area contributed by atoms with Crippen LogP contribution in [0, 0.1) is 0 Å². The number of carboxylic acid groups (broad SMARTS) is 1. The smallest absolute Gasteiger partial charge is 0.320 e. The lowest BCUT2D eigenvalue weighted by Gasteiger charge is -2.21. The number of rotatable bonds is 5. The number of hydrogen-bond donors (Lipinski definition) is 2. The molecule has 0 bridgehead atoms. The fraction of sp³-hybridized carbons (Fsp3) is 0.857. The minimum absolute atomic E-state index is 0.0820. The summed E-state index contributed by atoms with van der Waals surface area (Å²) >= 11 is 0. The van der Waals surface area contributed by atoms with E-state index in [4.69, 9.17) is 10.2 Å². The topological polar surface area (TPSA) is 60.8 Å². The zero-order valence-corrected chi connectivity index (χ0v) is 6.95. The maximum absolute atomic E-state index is 10.5. The zero-order chi connectivity index (χ0) is 8.85. The van der Waals surface area contributed by atoms with Crippen LogP contribution in [-0.2, 0) is 4.79 Å². The van der Waals surface area contributed by atoms with Gasteiger partial charge in [-0.15, -0.1) is 0 Å². The van der Waals surface area contributed by atoms with Crippen LogP contribution in [0.2, 0.25) is 0 Å². The molecule has 0 aliphatic rings. The van der Waals surface area contributed by atoms with Crippen molar-refractivity contribution < 1.29 is 15.0 Å². The number of hydrogen-bond acceptors (Lipinski definition) is 3. The Morgan fingerprint density at radius 3 is 2.45 bits per heavy atom. The molecular formula is C7H15NO3. The molecule has 4 heteroatoms. The van der Waals surface area contributed by atoms with Crippen LogP contribution in [0.1, 0.15) is 13.3 Å². The molecule has 0 aromatic carbocycles. The summed E-state index contributed by atoms with van der Waals surface area (Å²) < 4.78 is 0. The Bertz CT molecular complexity index is 127. The molecule has 0 saturated carbocycles. The average molecular weight is 161 g/mol. The molecule has 1 unspecified atom stereocenters. The van der Waals surface area contributed by atoms with Gasteiger partial charge in [0.15, 0.2) is 0 Å². The van der Waals surface area contributed by atoms with E-state index in [1.165, 1.54) is 0 Å². The molecule has 0 rings (SSSR count). The summed E-state index contributed by atoms with van der Waals surface area (Å²) in [6.45, 7) is 2.48. The quantitative estimate of drug-likeness (QED) is 0.585. The highest BCUT2D eigenvalue weighted by Crippen LogP contribution is 2.00. The first-order valence-electron chi connectivity index (χ1n) is 3.67. The van der Waals surface area contributed by atoms with Gasteiger partial charge in [0, 0.05) is 6.61 Å². The Balaban J connectivity index is 3.97. The highest BCUT2D eigenvalue weighted by Gasteiger charge is 2.19. The molecule has 0 aliphatic carbocycles. The third-order valence-corrected chi connectivity index (χ3v) is 1.72. The molecule has 0 radical (unpaired) electrons. The molecular weight excluding hydrogens is 146 g/mol. The predicted octanol–water partition coefficient (Wildman–Crippen LogP) is -0.226. The summed E-state index contributed by atoms with van der Waals surface area (Å²) in [5, 5.41) is 17.2. The van der Waals surface area contributed by atoms with Crippen LogP contribution in [0.15, 0.2) is 0 Å². The fourth-order valence-corrected chi connectivity index (χ4v) is 0.875. The van der Waals surface area contributed by atoms with Crippen LogP contribution in [0.4, 0.5) is 0 Å². The minimum Gasteiger partial charge on any atom is -0.480 e. The zero-order valence-electron chi connectivity index (χ0n) is 6.95. The first-order chi connectivity index (χ1) is 5.13. The monoisotopic (exact) mass is 161 g/mol. The van der Waals surface area contributed by atoms with Crippen LogP contribution in [-0.4, -0.2) is 47.3 Å². The Kier molecular flexibility index (Phi) is 4.81. The summed E-state index contributed by atoms with van der Waals surface area (Å²) in [7, 11) is 1.73. The van der Waals surface area contributed by atoms with Gasteiger partial charge in [-0.3, -0.25) is 9.69 Å². The molecule has 4 nitrogen and oxygen atoms in total. The lowest BCUT2D eigenvalue weighted by Crippen LogP contribution is -2.38. The summed E-state index contributed by atoms with van der Waals surface area (Å²) in [4.78, 5) is 12.2. The van der Waals surface area contributed by atoms with E-state index < -0.39 is 12.0 Å². The number of aliphatic carboxylic acids is 1. The van der Waals surface area contributed by atoms with E-state index in [1.54, 1.807) is 11.9 Å². The van der Waals surface area contributed by atoms with Gasteiger partial charge in [0.1, 0.15) is 6.04 Å². The van der Waals surface area contributed by atoms with Crippen molar-refractivity contribution in [3.05, 3.63) is 0 Å². The molecule has 2 N–H and O–H groups in total. The van der Waals surface area contributed by atoms with Gasteiger partial charge in [-0.2, -0.15) is 0 Å². The van der Waals surface area contributed by atoms with Crippen molar-refractivity contribution >= 4 is 5.97 Å². The Morgan fingerprint density at radius 2 is 2.18 bits per heavy atom. The molecule has 0 fully saturated rings. The molecule has 0 aromatic heterocycles. The molecule has 1 atom stereocenters. The Morgan fingerprint density at radius 1 is 1.64 bits per heavy atom. The van der Waals surface area contributed by atoms with Crippen molar-refractivity contribution in [1.82, 2.24) is 4.90 Å². The first-order valence-corrected chi connectivity index (χ1v) is 3.67. The largest absolute Gasteiger partial charge is 0.480 e. The maximum Gasteiger partial charge on any atom is 0.320 e. The molecule has 0 aliphatic heterocycles. The number of aliphatic hydroxyl groups is 1. The average Bonchev–Trinajstić information content (AvgIpc) is 1.98. The van der Waals surface area contributed by atoms with Crippen LogP contribution in [0.5, 0.6) is 0 Å². The van der Waals surface area contributed by atoms with E-state index >= 15 is 0 Å². The Labute approximate surface area is 66.4 Å². The summed E-state index contributed by atoms with van der Waals surface area (Å²) in [6, 6.07) is -0.551. The normalized spacial score (nSPS) is 13.5. The number of aliphatic hydroxyl groups excluding tert-OH is 1. The number of carboxylic acids is 1. The molecule has 0 amide bonds. The number of likely N-dealkylation sites (N-methyl/N-ethyl adjacent to an activating group) is 1. The molecule has 11 heavy (non-hydrogen) atoms. The fourth-order valence-electron chi connectivity index (χ4n) is 0.875. The second-order valence-electron chi connectivity index (χ2n) is 2.44. The van der Waals surface area contributed by atoms with Crippen LogP contribution in [0.3, 0.4) is 0 Å². The standard InChI is InChI=1S/C7H15NO3/c1-3-8(2)6(4-5-9)7(10)11/h6,9H,3-5H2,1-2H3,(H,10,11). The van der Waals surface area contributed by atoms with Gasteiger partial charge in [-0.25, -0.2) is 0 Å². The SMILES string of the molecule is CCN(C)C(CCO)C(=O)O. The van der Waals surface area contributed by atoms with E-state index in [2.05, 4.69) is 0 Å². The van der Waals surface area contributed by atoms with Crippen molar-refractivity contribution in [2.75, 3.05) is 20.2 Å². The highest BCUT2D eigenvalue weighted by molar-refractivity contribution is 5.73. The van der Waals surface area contributed by atoms with E-state index in [0.29, 0.717) is 13.0 Å². The van der Waals surface area contributed by atoms with Gasteiger partial charge in [0.2, 0.25) is 0 Å². The van der Waals surface area contributed by atoms with Crippen molar-refractivity contribution in [2.24, 2.45) is 0 Å². The predicted molar refractivity (Wildman–Crippen MR) is 41.4 cm³/mol. The Hall–Kier alpha value is -0.610. The minimum atomic E-state index is -0.872. The second kappa shape index (κ2) is 5.09. The van der Waals surface area contributed by atoms with E-state index in [1.807, 2.05) is 6.92 Å². The number of nitrogens with zero attached hydrogens (tertiary/aromatic N) is 1. The lowest BCUT2D eigenvalue weighted by atomic mass is 10.2. The molecule has 0 spiro atoms. The summed E-state index contributed by atoms with van der Waals surface area (Å²) in [5.74, 6) is -0.872. The third kappa shape index (κ3) is 3.34. The third-order valence-electron chi connectivity index (χ3n) is 1.72. The van der Waals surface area contributed by atoms with Gasteiger partial charge in [-0.05, 0) is 20.0 Å². The van der Waals surface area contributed by atoms with E-state index in [-0.39, 0.29) is 6.61 Å². The van der Waals surface area contributed by atoms with Crippen LogP contribution in [0.25, 0.3) is 0 Å². The van der Waals surface area contributed by atoms with Crippen LogP contribution < -0.4 is 0 Å². The van der Waals surface area contributed by atoms with Gasteiger partial charge >= 0.3 is 5.97 Å². The van der Waals surface area contributed by atoms with Crippen molar-refractivity contribution in [3.63, 3.8) is 0 Å². The molecule has 0 saturated heterocycles. The highest BCUT2D eigenvalue weighted by atomic mass is 16.4. The second-order valence-corrected chi connectivity index (χ2v) is 2.44. The van der Waals surface area contributed by atoms with E-state index in [9.17, 15) is 4.79 Å². The van der Waals surface area contributed by atoms with Crippen molar-refractivity contribution in [3.8, 4) is 0 Å². The summed E-state index contributed by atoms with van der Waals surface area (Å²) in [5.41, 5.74) is 0. The van der Waals surface area contributed by atoms with E-state index in [0.717, 1.165) is 0 Å². The van der Waals surface area contributed by atoms with Crippen molar-refractivity contribution in [1.29, 1.82) is 0 Å². The summed E-state index contributed by atoms with van der Waals surface area (Å²) in [6.07, 6.45) is 0.291.